The minimum atomic E-state index is -0.630. The smallest absolute Gasteiger partial charge is 0.308 e. The third kappa shape index (κ3) is 7.53. The lowest BCUT2D eigenvalue weighted by molar-refractivity contribution is -0.132. The molecule has 0 aliphatic heterocycles. The number of hydrogen-bond donors (Lipinski definition) is 0. The third-order valence-corrected chi connectivity index (χ3v) is 6.54. The summed E-state index contributed by atoms with van der Waals surface area (Å²) in [5, 5.41) is 0. The normalized spacial score (nSPS) is 12.1. The van der Waals surface area contributed by atoms with Gasteiger partial charge in [-0.2, -0.15) is 0 Å². The van der Waals surface area contributed by atoms with Crippen molar-refractivity contribution in [3.63, 3.8) is 0 Å². The van der Waals surface area contributed by atoms with Gasteiger partial charge in [-0.25, -0.2) is 0 Å². The van der Waals surface area contributed by atoms with E-state index < -0.39 is 23.5 Å². The first kappa shape index (κ1) is 29.1. The lowest BCUT2D eigenvalue weighted by atomic mass is 9.82. The summed E-state index contributed by atoms with van der Waals surface area (Å²) >= 11 is 0. The van der Waals surface area contributed by atoms with Gasteiger partial charge in [0.05, 0.1) is 17.7 Å². The Morgan fingerprint density at radius 3 is 1.71 bits per heavy atom. The monoisotopic (exact) mass is 522 g/mol. The van der Waals surface area contributed by atoms with Gasteiger partial charge < -0.3 is 14.2 Å². The van der Waals surface area contributed by atoms with Crippen LogP contribution < -0.4 is 14.2 Å². The number of benzene rings is 2. The second-order valence-electron chi connectivity index (χ2n) is 9.91. The van der Waals surface area contributed by atoms with E-state index in [4.69, 9.17) is 14.2 Å². The summed E-state index contributed by atoms with van der Waals surface area (Å²) in [5.74, 6) is -1.91. The minimum Gasteiger partial charge on any atom is -0.493 e. The molecule has 1 aliphatic carbocycles. The van der Waals surface area contributed by atoms with Gasteiger partial charge in [0, 0.05) is 31.0 Å². The summed E-state index contributed by atoms with van der Waals surface area (Å²) in [6.45, 7) is 6.87. The summed E-state index contributed by atoms with van der Waals surface area (Å²) in [5.41, 5.74) is 0.841. The van der Waals surface area contributed by atoms with E-state index >= 15 is 0 Å². The average molecular weight is 523 g/mol. The van der Waals surface area contributed by atoms with Crippen LogP contribution in [0, 0.1) is 6.92 Å². The number of aryl methyl sites for hydroxylation is 1. The number of ketones is 2. The lowest BCUT2D eigenvalue weighted by Crippen LogP contribution is -2.24. The molecule has 7 heteroatoms. The van der Waals surface area contributed by atoms with Gasteiger partial charge in [0.15, 0.2) is 5.78 Å². The highest BCUT2D eigenvalue weighted by atomic mass is 16.5. The summed E-state index contributed by atoms with van der Waals surface area (Å²) in [6.07, 6.45) is 12.0. The zero-order chi connectivity index (χ0) is 27.7. The van der Waals surface area contributed by atoms with Crippen molar-refractivity contribution in [1.82, 2.24) is 0 Å². The molecule has 0 spiro atoms. The quantitative estimate of drug-likeness (QED) is 0.129. The molecule has 0 aromatic heterocycles. The Labute approximate surface area is 224 Å². The topological polar surface area (TPSA) is 96.0 Å². The number of unbranched alkanes of at least 4 members (excludes halogenated alkanes) is 9. The fourth-order valence-electron chi connectivity index (χ4n) is 4.77. The predicted molar refractivity (Wildman–Crippen MR) is 144 cm³/mol. The Balaban J connectivity index is 1.73. The number of carbonyl (C=O) groups excluding carboxylic acids is 4. The molecule has 0 N–H and O–H groups in total. The van der Waals surface area contributed by atoms with Crippen LogP contribution in [0.25, 0.3) is 0 Å². The largest absolute Gasteiger partial charge is 0.493 e. The third-order valence-electron chi connectivity index (χ3n) is 6.54. The maximum absolute atomic E-state index is 13.6. The second kappa shape index (κ2) is 13.9. The van der Waals surface area contributed by atoms with Crippen molar-refractivity contribution in [2.75, 3.05) is 6.61 Å². The molecular formula is C31H38O7. The molecule has 0 unspecified atom stereocenters. The van der Waals surface area contributed by atoms with Crippen molar-refractivity contribution in [2.45, 2.75) is 91.9 Å². The Hall–Kier alpha value is -3.48. The standard InChI is InChI=1S/C31H38O7/c1-5-6-7-8-9-10-11-12-13-14-15-36-23-18-25-29(27(19-23)38-22(4)33)31(35)28-24(30(25)34)16-20(2)17-26(28)37-21(3)32/h16-19H,5-15H2,1-4H3. The van der Waals surface area contributed by atoms with Crippen LogP contribution in [0.3, 0.4) is 0 Å². The minimum absolute atomic E-state index is 0.00607. The lowest BCUT2D eigenvalue weighted by Gasteiger charge is -2.23. The fraction of sp³-hybridized carbons (Fsp3) is 0.484. The van der Waals surface area contributed by atoms with Gasteiger partial charge in [0.2, 0.25) is 5.78 Å². The molecular weight excluding hydrogens is 484 g/mol. The van der Waals surface area contributed by atoms with E-state index in [1.807, 2.05) is 0 Å². The number of ether oxygens (including phenoxy) is 3. The van der Waals surface area contributed by atoms with Crippen molar-refractivity contribution in [3.05, 3.63) is 52.1 Å². The van der Waals surface area contributed by atoms with Gasteiger partial charge in [-0.3, -0.25) is 19.2 Å². The maximum atomic E-state index is 13.6. The van der Waals surface area contributed by atoms with Gasteiger partial charge in [-0.1, -0.05) is 64.7 Å². The van der Waals surface area contributed by atoms with Crippen molar-refractivity contribution >= 4 is 23.5 Å². The Morgan fingerprint density at radius 2 is 1.16 bits per heavy atom. The van der Waals surface area contributed by atoms with Gasteiger partial charge in [0.25, 0.3) is 0 Å². The molecule has 38 heavy (non-hydrogen) atoms. The van der Waals surface area contributed by atoms with E-state index in [0.29, 0.717) is 17.9 Å². The molecule has 0 heterocycles. The van der Waals surface area contributed by atoms with Gasteiger partial charge >= 0.3 is 11.9 Å². The average Bonchev–Trinajstić information content (AvgIpc) is 2.84. The zero-order valence-electron chi connectivity index (χ0n) is 22.9. The van der Waals surface area contributed by atoms with Crippen LogP contribution in [-0.4, -0.2) is 30.1 Å². The Kier molecular flexibility index (Phi) is 10.6. The van der Waals surface area contributed by atoms with E-state index in [-0.39, 0.29) is 33.8 Å². The highest BCUT2D eigenvalue weighted by Gasteiger charge is 2.36. The van der Waals surface area contributed by atoms with E-state index in [1.54, 1.807) is 13.0 Å². The SMILES string of the molecule is CCCCCCCCCCCCOc1cc(OC(C)=O)c2c(c1)C(=O)c1cc(C)cc(OC(C)=O)c1C2=O. The van der Waals surface area contributed by atoms with E-state index in [9.17, 15) is 19.2 Å². The number of esters is 2. The maximum Gasteiger partial charge on any atom is 0.308 e. The van der Waals surface area contributed by atoms with Crippen LogP contribution in [0.2, 0.25) is 0 Å². The van der Waals surface area contributed by atoms with Crippen LogP contribution in [0.15, 0.2) is 24.3 Å². The summed E-state index contributed by atoms with van der Waals surface area (Å²) in [6, 6.07) is 6.11. The van der Waals surface area contributed by atoms with Crippen molar-refractivity contribution in [3.8, 4) is 17.2 Å². The number of hydrogen-bond acceptors (Lipinski definition) is 7. The molecule has 0 bridgehead atoms. The fourth-order valence-corrected chi connectivity index (χ4v) is 4.77. The summed E-state index contributed by atoms with van der Waals surface area (Å²) < 4.78 is 16.5. The van der Waals surface area contributed by atoms with E-state index in [2.05, 4.69) is 6.92 Å². The second-order valence-corrected chi connectivity index (χ2v) is 9.91. The van der Waals surface area contributed by atoms with E-state index in [0.717, 1.165) is 19.3 Å². The van der Waals surface area contributed by atoms with Crippen LogP contribution in [0.4, 0.5) is 0 Å². The molecule has 204 valence electrons. The molecule has 3 rings (SSSR count). The molecule has 2 aromatic rings. The van der Waals surface area contributed by atoms with Crippen LogP contribution >= 0.6 is 0 Å². The molecule has 0 radical (unpaired) electrons. The van der Waals surface area contributed by atoms with Crippen molar-refractivity contribution in [1.29, 1.82) is 0 Å². The Morgan fingerprint density at radius 1 is 0.658 bits per heavy atom. The molecule has 7 nitrogen and oxygen atoms in total. The van der Waals surface area contributed by atoms with Crippen molar-refractivity contribution < 1.29 is 33.4 Å². The summed E-state index contributed by atoms with van der Waals surface area (Å²) in [4.78, 5) is 50.5. The van der Waals surface area contributed by atoms with E-state index in [1.165, 1.54) is 77.0 Å². The van der Waals surface area contributed by atoms with Gasteiger partial charge in [0.1, 0.15) is 17.2 Å². The van der Waals surface area contributed by atoms with Crippen LogP contribution in [0.1, 0.15) is 122 Å². The van der Waals surface area contributed by atoms with Crippen LogP contribution in [-0.2, 0) is 9.59 Å². The summed E-state index contributed by atoms with van der Waals surface area (Å²) in [7, 11) is 0. The highest BCUT2D eigenvalue weighted by molar-refractivity contribution is 6.30. The van der Waals surface area contributed by atoms with Gasteiger partial charge in [-0.15, -0.1) is 0 Å². The van der Waals surface area contributed by atoms with Crippen molar-refractivity contribution in [2.24, 2.45) is 0 Å². The molecule has 0 fully saturated rings. The molecule has 0 saturated heterocycles. The Bertz CT molecular complexity index is 1200. The molecule has 0 saturated carbocycles. The first-order valence-corrected chi connectivity index (χ1v) is 13.6. The first-order valence-electron chi connectivity index (χ1n) is 13.6. The number of carbonyl (C=O) groups is 4. The highest BCUT2D eigenvalue weighted by Crippen LogP contribution is 2.40. The number of fused-ring (bicyclic) bond motifs is 2. The zero-order valence-corrected chi connectivity index (χ0v) is 22.9. The number of rotatable bonds is 14. The predicted octanol–water partition coefficient (Wildman–Crippen LogP) is 6.92. The molecule has 1 aliphatic rings. The molecule has 0 amide bonds. The van der Waals surface area contributed by atoms with Gasteiger partial charge in [-0.05, 0) is 37.1 Å². The first-order chi connectivity index (χ1) is 18.2. The van der Waals surface area contributed by atoms with Crippen LogP contribution in [0.5, 0.6) is 17.2 Å². The molecule has 2 aromatic carbocycles. The molecule has 0 atom stereocenters.